The molecule has 0 saturated carbocycles. The molecule has 0 bridgehead atoms. The minimum atomic E-state index is -0.472. The number of rotatable bonds is 5. The second-order valence-corrected chi connectivity index (χ2v) is 5.34. The molecule has 6 heteroatoms. The lowest BCUT2D eigenvalue weighted by Crippen LogP contribution is -2.39. The highest BCUT2D eigenvalue weighted by Gasteiger charge is 2.21. The second kappa shape index (κ2) is 7.17. The third kappa shape index (κ3) is 4.01. The number of hydrogen-bond donors (Lipinski definition) is 1. The van der Waals surface area contributed by atoms with Crippen LogP contribution in [0.2, 0.25) is 0 Å². The summed E-state index contributed by atoms with van der Waals surface area (Å²) in [5.41, 5.74) is 0.346. The number of nitrogens with zero attached hydrogens (tertiary/aromatic N) is 2. The lowest BCUT2D eigenvalue weighted by molar-refractivity contribution is -0.384. The minimum absolute atomic E-state index is 0.0428. The Morgan fingerprint density at radius 2 is 2.14 bits per heavy atom. The van der Waals surface area contributed by atoms with Crippen molar-refractivity contribution in [3.8, 4) is 0 Å². The predicted molar refractivity (Wildman–Crippen MR) is 80.3 cm³/mol. The number of hydrogen-bond acceptors (Lipinski definition) is 4. The number of non-ortho nitro benzene ring substituents is 1. The SMILES string of the molecule is CCN(CC1CCNCC1)C(=O)c1cccc([N+](=O)[O-])c1. The molecule has 0 radical (unpaired) electrons. The van der Waals surface area contributed by atoms with Gasteiger partial charge in [0.05, 0.1) is 4.92 Å². The Morgan fingerprint density at radius 1 is 1.43 bits per heavy atom. The molecule has 21 heavy (non-hydrogen) atoms. The highest BCUT2D eigenvalue weighted by Crippen LogP contribution is 2.18. The minimum Gasteiger partial charge on any atom is -0.339 e. The van der Waals surface area contributed by atoms with Gasteiger partial charge in [-0.05, 0) is 44.8 Å². The Kier molecular flexibility index (Phi) is 5.27. The van der Waals surface area contributed by atoms with Crippen LogP contribution < -0.4 is 5.32 Å². The maximum atomic E-state index is 12.5. The summed E-state index contributed by atoms with van der Waals surface area (Å²) in [5, 5.41) is 14.1. The van der Waals surface area contributed by atoms with Crippen molar-refractivity contribution in [3.05, 3.63) is 39.9 Å². The molecule has 0 aromatic heterocycles. The lowest BCUT2D eigenvalue weighted by atomic mass is 9.97. The molecule has 1 aliphatic rings. The number of piperidine rings is 1. The molecule has 1 N–H and O–H groups in total. The summed E-state index contributed by atoms with van der Waals surface area (Å²) in [6.07, 6.45) is 2.14. The first-order chi connectivity index (χ1) is 10.1. The number of nitro groups is 1. The Hall–Kier alpha value is -1.95. The quantitative estimate of drug-likeness (QED) is 0.665. The normalized spacial score (nSPS) is 15.7. The van der Waals surface area contributed by atoms with Gasteiger partial charge in [0, 0.05) is 30.8 Å². The molecule has 2 rings (SSSR count). The largest absolute Gasteiger partial charge is 0.339 e. The molecule has 0 unspecified atom stereocenters. The van der Waals surface area contributed by atoms with Crippen LogP contribution in [0.25, 0.3) is 0 Å². The molecule has 0 spiro atoms. The second-order valence-electron chi connectivity index (χ2n) is 5.34. The van der Waals surface area contributed by atoms with Gasteiger partial charge in [0.25, 0.3) is 11.6 Å². The van der Waals surface area contributed by atoms with E-state index < -0.39 is 4.92 Å². The number of nitro benzene ring substituents is 1. The van der Waals surface area contributed by atoms with E-state index in [-0.39, 0.29) is 11.6 Å². The van der Waals surface area contributed by atoms with Crippen LogP contribution in [0.1, 0.15) is 30.1 Å². The Balaban J connectivity index is 2.08. The van der Waals surface area contributed by atoms with Crippen LogP contribution in [0.5, 0.6) is 0 Å². The van der Waals surface area contributed by atoms with E-state index in [9.17, 15) is 14.9 Å². The topological polar surface area (TPSA) is 75.5 Å². The van der Waals surface area contributed by atoms with Crippen LogP contribution in [0.15, 0.2) is 24.3 Å². The first-order valence-electron chi connectivity index (χ1n) is 7.36. The highest BCUT2D eigenvalue weighted by atomic mass is 16.6. The third-order valence-electron chi connectivity index (χ3n) is 3.91. The average molecular weight is 291 g/mol. The van der Waals surface area contributed by atoms with E-state index in [2.05, 4.69) is 5.32 Å². The molecule has 1 amide bonds. The molecule has 0 atom stereocenters. The van der Waals surface area contributed by atoms with Crippen molar-refractivity contribution in [2.24, 2.45) is 5.92 Å². The van der Waals surface area contributed by atoms with E-state index in [1.165, 1.54) is 12.1 Å². The van der Waals surface area contributed by atoms with Crippen molar-refractivity contribution in [3.63, 3.8) is 0 Å². The molecule has 6 nitrogen and oxygen atoms in total. The van der Waals surface area contributed by atoms with E-state index in [0.29, 0.717) is 18.0 Å². The predicted octanol–water partition coefficient (Wildman–Crippen LogP) is 2.06. The maximum absolute atomic E-state index is 12.5. The van der Waals surface area contributed by atoms with Crippen LogP contribution in [-0.4, -0.2) is 41.9 Å². The molecule has 1 aromatic rings. The summed E-state index contributed by atoms with van der Waals surface area (Å²) in [4.78, 5) is 24.6. The number of benzene rings is 1. The Bertz CT molecular complexity index is 513. The van der Waals surface area contributed by atoms with E-state index in [1.54, 1.807) is 17.0 Å². The van der Waals surface area contributed by atoms with Gasteiger partial charge in [0.15, 0.2) is 0 Å². The molecule has 114 valence electrons. The highest BCUT2D eigenvalue weighted by molar-refractivity contribution is 5.94. The molecule has 1 aromatic carbocycles. The summed E-state index contributed by atoms with van der Waals surface area (Å²) in [7, 11) is 0. The standard InChI is InChI=1S/C15H21N3O3/c1-2-17(11-12-6-8-16-9-7-12)15(19)13-4-3-5-14(10-13)18(20)21/h3-5,10,12,16H,2,6-9,11H2,1H3. The van der Waals surface area contributed by atoms with Gasteiger partial charge in [0.1, 0.15) is 0 Å². The summed E-state index contributed by atoms with van der Waals surface area (Å²) in [6, 6.07) is 5.96. The van der Waals surface area contributed by atoms with Crippen molar-refractivity contribution in [1.29, 1.82) is 0 Å². The number of carbonyl (C=O) groups excluding carboxylic acids is 1. The monoisotopic (exact) mass is 291 g/mol. The molecule has 1 fully saturated rings. The van der Waals surface area contributed by atoms with E-state index in [1.807, 2.05) is 6.92 Å². The van der Waals surface area contributed by atoms with Gasteiger partial charge in [-0.15, -0.1) is 0 Å². The van der Waals surface area contributed by atoms with Crippen LogP contribution in [-0.2, 0) is 0 Å². The molecule has 1 heterocycles. The van der Waals surface area contributed by atoms with Gasteiger partial charge < -0.3 is 10.2 Å². The Labute approximate surface area is 124 Å². The summed E-state index contributed by atoms with van der Waals surface area (Å²) < 4.78 is 0. The van der Waals surface area contributed by atoms with Crippen LogP contribution in [0, 0.1) is 16.0 Å². The average Bonchev–Trinajstić information content (AvgIpc) is 2.53. The number of nitrogens with one attached hydrogen (secondary N) is 1. The summed E-state index contributed by atoms with van der Waals surface area (Å²) >= 11 is 0. The lowest BCUT2D eigenvalue weighted by Gasteiger charge is -2.29. The fourth-order valence-corrected chi connectivity index (χ4v) is 2.67. The van der Waals surface area contributed by atoms with Gasteiger partial charge in [-0.1, -0.05) is 6.07 Å². The van der Waals surface area contributed by atoms with Crippen molar-refractivity contribution in [2.45, 2.75) is 19.8 Å². The van der Waals surface area contributed by atoms with Gasteiger partial charge >= 0.3 is 0 Å². The van der Waals surface area contributed by atoms with E-state index in [0.717, 1.165) is 32.5 Å². The third-order valence-corrected chi connectivity index (χ3v) is 3.91. The van der Waals surface area contributed by atoms with E-state index in [4.69, 9.17) is 0 Å². The number of amides is 1. The van der Waals surface area contributed by atoms with Crippen molar-refractivity contribution in [1.82, 2.24) is 10.2 Å². The first-order valence-corrected chi connectivity index (χ1v) is 7.36. The van der Waals surface area contributed by atoms with Crippen molar-refractivity contribution >= 4 is 11.6 Å². The molecular formula is C15H21N3O3. The zero-order valence-corrected chi connectivity index (χ0v) is 12.2. The van der Waals surface area contributed by atoms with Crippen molar-refractivity contribution in [2.75, 3.05) is 26.2 Å². The molecule has 0 aliphatic carbocycles. The van der Waals surface area contributed by atoms with Crippen LogP contribution in [0.4, 0.5) is 5.69 Å². The fraction of sp³-hybridized carbons (Fsp3) is 0.533. The van der Waals surface area contributed by atoms with Gasteiger partial charge in [0.2, 0.25) is 0 Å². The molecule has 1 saturated heterocycles. The number of carbonyl (C=O) groups is 1. The zero-order chi connectivity index (χ0) is 15.2. The van der Waals surface area contributed by atoms with Crippen LogP contribution in [0.3, 0.4) is 0 Å². The van der Waals surface area contributed by atoms with Gasteiger partial charge in [-0.2, -0.15) is 0 Å². The molecule has 1 aliphatic heterocycles. The molecular weight excluding hydrogens is 270 g/mol. The van der Waals surface area contributed by atoms with Crippen molar-refractivity contribution < 1.29 is 9.72 Å². The maximum Gasteiger partial charge on any atom is 0.270 e. The summed E-state index contributed by atoms with van der Waals surface area (Å²) in [5.74, 6) is 0.383. The summed E-state index contributed by atoms with van der Waals surface area (Å²) in [6.45, 7) is 5.27. The Morgan fingerprint density at radius 3 is 2.76 bits per heavy atom. The van der Waals surface area contributed by atoms with Gasteiger partial charge in [-0.25, -0.2) is 0 Å². The first kappa shape index (κ1) is 15.4. The smallest absolute Gasteiger partial charge is 0.270 e. The van der Waals surface area contributed by atoms with E-state index >= 15 is 0 Å². The van der Waals surface area contributed by atoms with Gasteiger partial charge in [-0.3, -0.25) is 14.9 Å². The zero-order valence-electron chi connectivity index (χ0n) is 12.2. The fourth-order valence-electron chi connectivity index (χ4n) is 2.67. The van der Waals surface area contributed by atoms with Crippen LogP contribution >= 0.6 is 0 Å².